The third-order valence-corrected chi connectivity index (χ3v) is 4.98. The Morgan fingerprint density at radius 3 is 2.82 bits per heavy atom. The largest absolute Gasteiger partial charge is 0.350 e. The maximum Gasteiger partial charge on any atom is 0.317 e. The van der Waals surface area contributed by atoms with Crippen LogP contribution in [0.25, 0.3) is 0 Å². The van der Waals surface area contributed by atoms with Gasteiger partial charge in [0.2, 0.25) is 5.91 Å². The minimum Gasteiger partial charge on any atom is -0.350 e. The van der Waals surface area contributed by atoms with E-state index < -0.39 is 0 Å². The van der Waals surface area contributed by atoms with Gasteiger partial charge in [-0.3, -0.25) is 9.78 Å². The van der Waals surface area contributed by atoms with Gasteiger partial charge in [-0.05, 0) is 25.0 Å². The Balaban J connectivity index is 1.64. The molecule has 6 heteroatoms. The number of hydrogen-bond donors (Lipinski definition) is 2. The normalized spacial score (nSPS) is 22.2. The number of urea groups is 1. The molecule has 6 nitrogen and oxygen atoms in total. The zero-order valence-electron chi connectivity index (χ0n) is 12.8. The maximum atomic E-state index is 12.6. The molecule has 118 valence electrons. The minimum absolute atomic E-state index is 0.0132. The monoisotopic (exact) mass is 302 g/mol. The summed E-state index contributed by atoms with van der Waals surface area (Å²) >= 11 is 0. The molecule has 0 radical (unpaired) electrons. The highest BCUT2D eigenvalue weighted by molar-refractivity contribution is 5.82. The minimum atomic E-state index is -0.109. The molecule has 1 saturated carbocycles. The standard InChI is InChI=1S/C16H22N4O2/c1-17-15(22)20-10-13(16(11-20)6-4-7-16)14(21)19-9-12-5-2-3-8-18-12/h2-3,5,8,13H,4,6-7,9-11H2,1H3,(H,17,22)(H,19,21). The summed E-state index contributed by atoms with van der Waals surface area (Å²) < 4.78 is 0. The molecule has 2 aliphatic rings. The maximum absolute atomic E-state index is 12.6. The van der Waals surface area contributed by atoms with Gasteiger partial charge < -0.3 is 15.5 Å². The molecule has 22 heavy (non-hydrogen) atoms. The lowest BCUT2D eigenvalue weighted by atomic mass is 9.62. The zero-order chi connectivity index (χ0) is 15.6. The van der Waals surface area contributed by atoms with Crippen LogP contribution in [0.15, 0.2) is 24.4 Å². The van der Waals surface area contributed by atoms with Crippen LogP contribution in [0.5, 0.6) is 0 Å². The number of pyridine rings is 1. The van der Waals surface area contributed by atoms with Gasteiger partial charge in [0.05, 0.1) is 18.2 Å². The van der Waals surface area contributed by atoms with E-state index in [0.717, 1.165) is 25.0 Å². The van der Waals surface area contributed by atoms with Gasteiger partial charge in [0.15, 0.2) is 0 Å². The van der Waals surface area contributed by atoms with Gasteiger partial charge in [0, 0.05) is 31.7 Å². The van der Waals surface area contributed by atoms with E-state index in [0.29, 0.717) is 19.6 Å². The van der Waals surface area contributed by atoms with Crippen molar-refractivity contribution >= 4 is 11.9 Å². The molecule has 3 amide bonds. The number of amides is 3. The highest BCUT2D eigenvalue weighted by Gasteiger charge is 2.54. The van der Waals surface area contributed by atoms with Gasteiger partial charge in [-0.25, -0.2) is 4.79 Å². The van der Waals surface area contributed by atoms with Crippen LogP contribution in [0.4, 0.5) is 4.79 Å². The molecule has 0 aromatic carbocycles. The van der Waals surface area contributed by atoms with Crippen LogP contribution in [0.3, 0.4) is 0 Å². The summed E-state index contributed by atoms with van der Waals surface area (Å²) in [6.07, 6.45) is 4.92. The van der Waals surface area contributed by atoms with Crippen molar-refractivity contribution in [3.63, 3.8) is 0 Å². The molecule has 2 heterocycles. The summed E-state index contributed by atoms with van der Waals surface area (Å²) in [5.41, 5.74) is 0.834. The van der Waals surface area contributed by atoms with E-state index in [4.69, 9.17) is 0 Å². The van der Waals surface area contributed by atoms with E-state index in [1.165, 1.54) is 0 Å². The van der Waals surface area contributed by atoms with Crippen molar-refractivity contribution in [3.8, 4) is 0 Å². The van der Waals surface area contributed by atoms with Crippen molar-refractivity contribution in [1.82, 2.24) is 20.5 Å². The molecule has 1 aromatic rings. The van der Waals surface area contributed by atoms with E-state index >= 15 is 0 Å². The molecule has 0 bridgehead atoms. The fourth-order valence-corrected chi connectivity index (χ4v) is 3.58. The Hall–Kier alpha value is -2.11. The van der Waals surface area contributed by atoms with Gasteiger partial charge in [-0.15, -0.1) is 0 Å². The number of carbonyl (C=O) groups is 2. The van der Waals surface area contributed by atoms with Crippen LogP contribution < -0.4 is 10.6 Å². The first kappa shape index (κ1) is 14.8. The van der Waals surface area contributed by atoms with E-state index in [1.54, 1.807) is 18.1 Å². The van der Waals surface area contributed by atoms with Gasteiger partial charge in [-0.2, -0.15) is 0 Å². The molecule has 3 rings (SSSR count). The van der Waals surface area contributed by atoms with Crippen molar-refractivity contribution in [2.24, 2.45) is 11.3 Å². The Morgan fingerprint density at radius 2 is 2.23 bits per heavy atom. The van der Waals surface area contributed by atoms with E-state index in [1.807, 2.05) is 18.2 Å². The lowest BCUT2D eigenvalue weighted by Crippen LogP contribution is -2.45. The van der Waals surface area contributed by atoms with Crippen molar-refractivity contribution in [2.45, 2.75) is 25.8 Å². The van der Waals surface area contributed by atoms with E-state index in [2.05, 4.69) is 15.6 Å². The third kappa shape index (κ3) is 2.65. The summed E-state index contributed by atoms with van der Waals surface area (Å²) in [5, 5.41) is 5.64. The quantitative estimate of drug-likeness (QED) is 0.879. The number of carbonyl (C=O) groups excluding carboxylic acids is 2. The number of rotatable bonds is 3. The molecule has 1 atom stereocenters. The zero-order valence-corrected chi connectivity index (χ0v) is 12.8. The summed E-state index contributed by atoms with van der Waals surface area (Å²) in [6.45, 7) is 1.63. The molecule has 1 aliphatic heterocycles. The summed E-state index contributed by atoms with van der Waals surface area (Å²) in [6, 6.07) is 5.56. The highest BCUT2D eigenvalue weighted by atomic mass is 16.2. The Labute approximate surface area is 130 Å². The van der Waals surface area contributed by atoms with Crippen LogP contribution >= 0.6 is 0 Å². The summed E-state index contributed by atoms with van der Waals surface area (Å²) in [4.78, 5) is 30.4. The fraction of sp³-hybridized carbons (Fsp3) is 0.562. The second-order valence-corrected chi connectivity index (χ2v) is 6.24. The molecular formula is C16H22N4O2. The smallest absolute Gasteiger partial charge is 0.317 e. The molecule has 2 fully saturated rings. The Morgan fingerprint density at radius 1 is 1.41 bits per heavy atom. The van der Waals surface area contributed by atoms with Crippen LogP contribution in [0.1, 0.15) is 25.0 Å². The average Bonchev–Trinajstić information content (AvgIpc) is 2.94. The van der Waals surface area contributed by atoms with Crippen LogP contribution in [-0.4, -0.2) is 42.0 Å². The number of nitrogens with one attached hydrogen (secondary N) is 2. The van der Waals surface area contributed by atoms with Gasteiger partial charge in [0.1, 0.15) is 0 Å². The van der Waals surface area contributed by atoms with E-state index in [9.17, 15) is 9.59 Å². The molecule has 1 saturated heterocycles. The number of hydrogen-bond acceptors (Lipinski definition) is 3. The first-order chi connectivity index (χ1) is 10.6. The predicted octanol–water partition coefficient (Wildman–Crippen LogP) is 1.14. The van der Waals surface area contributed by atoms with Gasteiger partial charge >= 0.3 is 6.03 Å². The topological polar surface area (TPSA) is 74.3 Å². The van der Waals surface area contributed by atoms with Crippen LogP contribution in [0.2, 0.25) is 0 Å². The Bertz CT molecular complexity index is 557. The molecule has 1 aliphatic carbocycles. The van der Waals surface area contributed by atoms with Crippen molar-refractivity contribution in [1.29, 1.82) is 0 Å². The highest BCUT2D eigenvalue weighted by Crippen LogP contribution is 2.51. The number of nitrogens with zero attached hydrogens (tertiary/aromatic N) is 2. The van der Waals surface area contributed by atoms with Crippen molar-refractivity contribution < 1.29 is 9.59 Å². The fourth-order valence-electron chi connectivity index (χ4n) is 3.58. The molecule has 1 aromatic heterocycles. The predicted molar refractivity (Wildman–Crippen MR) is 81.9 cm³/mol. The van der Waals surface area contributed by atoms with Crippen molar-refractivity contribution in [2.75, 3.05) is 20.1 Å². The van der Waals surface area contributed by atoms with Crippen molar-refractivity contribution in [3.05, 3.63) is 30.1 Å². The third-order valence-electron chi connectivity index (χ3n) is 4.98. The molecular weight excluding hydrogens is 280 g/mol. The number of likely N-dealkylation sites (tertiary alicyclic amines) is 1. The van der Waals surface area contributed by atoms with Crippen LogP contribution in [-0.2, 0) is 11.3 Å². The van der Waals surface area contributed by atoms with Gasteiger partial charge in [0.25, 0.3) is 0 Å². The van der Waals surface area contributed by atoms with Gasteiger partial charge in [-0.1, -0.05) is 12.5 Å². The van der Waals surface area contributed by atoms with Crippen LogP contribution in [0, 0.1) is 11.3 Å². The summed E-state index contributed by atoms with van der Waals surface area (Å²) in [7, 11) is 1.63. The first-order valence-corrected chi connectivity index (χ1v) is 7.79. The average molecular weight is 302 g/mol. The second kappa shape index (κ2) is 5.94. The SMILES string of the molecule is CNC(=O)N1CC(C(=O)NCc2ccccn2)C2(CCC2)C1. The number of aromatic nitrogens is 1. The second-order valence-electron chi connectivity index (χ2n) is 6.24. The molecule has 1 unspecified atom stereocenters. The Kier molecular flexibility index (Phi) is 4.00. The molecule has 2 N–H and O–H groups in total. The van der Waals surface area contributed by atoms with E-state index in [-0.39, 0.29) is 23.3 Å². The lowest BCUT2D eigenvalue weighted by Gasteiger charge is -2.41. The summed E-state index contributed by atoms with van der Waals surface area (Å²) in [5.74, 6) is -0.0704. The lowest BCUT2D eigenvalue weighted by molar-refractivity contribution is -0.129. The first-order valence-electron chi connectivity index (χ1n) is 7.79. The molecule has 1 spiro atoms.